The predicted octanol–water partition coefficient (Wildman–Crippen LogP) is 3.39. The Bertz CT molecular complexity index is 634. The number of hydrogen-bond donors (Lipinski definition) is 0. The molecule has 2 rings (SSSR count). The van der Waals surface area contributed by atoms with Crippen LogP contribution in [-0.4, -0.2) is 24.0 Å². The van der Waals surface area contributed by atoms with Crippen LogP contribution in [0.15, 0.2) is 36.4 Å². The maximum Gasteiger partial charge on any atom is 0.170 e. The highest BCUT2D eigenvalue weighted by Crippen LogP contribution is 2.28. The fourth-order valence-electron chi connectivity index (χ4n) is 2.01. The van der Waals surface area contributed by atoms with Crippen molar-refractivity contribution in [2.24, 2.45) is 0 Å². The topological polar surface area (TPSA) is 43.4 Å². The second-order valence-corrected chi connectivity index (χ2v) is 4.69. The molecule has 0 heterocycles. The van der Waals surface area contributed by atoms with E-state index in [9.17, 15) is 9.59 Å². The fraction of sp³-hybridized carbons (Fsp3) is 0.200. The van der Waals surface area contributed by atoms with Crippen LogP contribution >= 0.6 is 15.9 Å². The molecule has 3 nitrogen and oxygen atoms in total. The largest absolute Gasteiger partial charge is 0.496 e. The second-order valence-electron chi connectivity index (χ2n) is 4.13. The third-order valence-corrected chi connectivity index (χ3v) is 3.54. The molecule has 0 aliphatic rings. The monoisotopic (exact) mass is 320 g/mol. The maximum absolute atomic E-state index is 12.1. The molecule has 0 fully saturated rings. The highest BCUT2D eigenvalue weighted by molar-refractivity contribution is 9.09. The van der Waals surface area contributed by atoms with E-state index in [4.69, 9.17) is 4.74 Å². The van der Waals surface area contributed by atoms with Gasteiger partial charge in [0, 0.05) is 10.9 Å². The maximum atomic E-state index is 12.1. The molecule has 2 aromatic rings. The van der Waals surface area contributed by atoms with Crippen LogP contribution in [-0.2, 0) is 4.79 Å². The van der Waals surface area contributed by atoms with Crippen molar-refractivity contribution in [1.82, 2.24) is 0 Å². The Balaban J connectivity index is 2.50. The average Bonchev–Trinajstić information content (AvgIpc) is 2.45. The Kier molecular flexibility index (Phi) is 4.32. The zero-order chi connectivity index (χ0) is 13.8. The summed E-state index contributed by atoms with van der Waals surface area (Å²) in [5.74, 6) is 0.437. The number of carbonyl (C=O) groups is 2. The summed E-state index contributed by atoms with van der Waals surface area (Å²) in [5.41, 5.74) is 0.561. The van der Waals surface area contributed by atoms with E-state index in [1.54, 1.807) is 19.2 Å². The molecule has 0 saturated carbocycles. The van der Waals surface area contributed by atoms with Crippen molar-refractivity contribution in [3.8, 4) is 5.75 Å². The Labute approximate surface area is 119 Å². The first kappa shape index (κ1) is 13.7. The molecule has 0 atom stereocenters. The minimum Gasteiger partial charge on any atom is -0.496 e. The number of methoxy groups -OCH3 is 1. The average molecular weight is 321 g/mol. The number of rotatable bonds is 5. The summed E-state index contributed by atoms with van der Waals surface area (Å²) in [5, 5.41) is 1.89. The lowest BCUT2D eigenvalue weighted by molar-refractivity contribution is -0.115. The molecule has 98 valence electrons. The number of ketones is 2. The van der Waals surface area contributed by atoms with Gasteiger partial charge in [-0.15, -0.1) is 0 Å². The quantitative estimate of drug-likeness (QED) is 0.482. The number of fused-ring (bicyclic) bond motifs is 1. The van der Waals surface area contributed by atoms with Gasteiger partial charge in [0.05, 0.1) is 18.9 Å². The van der Waals surface area contributed by atoms with Crippen LogP contribution in [0.1, 0.15) is 16.8 Å². The van der Waals surface area contributed by atoms with E-state index in [0.29, 0.717) is 5.56 Å². The van der Waals surface area contributed by atoms with E-state index in [1.165, 1.54) is 0 Å². The van der Waals surface area contributed by atoms with Gasteiger partial charge in [0.25, 0.3) is 0 Å². The van der Waals surface area contributed by atoms with Crippen molar-refractivity contribution in [3.05, 3.63) is 42.0 Å². The number of carbonyl (C=O) groups excluding carboxylic acids is 2. The van der Waals surface area contributed by atoms with Crippen LogP contribution in [0.25, 0.3) is 10.8 Å². The molecule has 0 N–H and O–H groups in total. The Morgan fingerprint density at radius 3 is 2.42 bits per heavy atom. The zero-order valence-electron chi connectivity index (χ0n) is 10.5. The van der Waals surface area contributed by atoms with Crippen LogP contribution in [0, 0.1) is 0 Å². The van der Waals surface area contributed by atoms with E-state index in [-0.39, 0.29) is 23.3 Å². The van der Waals surface area contributed by atoms with Crippen molar-refractivity contribution in [2.45, 2.75) is 6.42 Å². The number of alkyl halides is 1. The molecule has 4 heteroatoms. The molecule has 0 aliphatic heterocycles. The lowest BCUT2D eigenvalue weighted by Crippen LogP contribution is -2.09. The van der Waals surface area contributed by atoms with E-state index in [2.05, 4.69) is 15.9 Å². The normalized spacial score (nSPS) is 10.4. The highest BCUT2D eigenvalue weighted by atomic mass is 79.9. The molecule has 0 aromatic heterocycles. The van der Waals surface area contributed by atoms with Crippen molar-refractivity contribution in [2.75, 3.05) is 12.4 Å². The zero-order valence-corrected chi connectivity index (χ0v) is 12.1. The number of halogens is 1. The molecule has 0 amide bonds. The van der Waals surface area contributed by atoms with E-state index in [1.807, 2.05) is 24.3 Å². The van der Waals surface area contributed by atoms with Gasteiger partial charge in [0.1, 0.15) is 5.75 Å². The standard InChI is InChI=1S/C15H13BrO3/c1-19-15-7-6-12(14(18)8-10(17)9-16)11-4-2-3-5-13(11)15/h2-7H,8-9H2,1H3. The lowest BCUT2D eigenvalue weighted by Gasteiger charge is -2.09. The van der Waals surface area contributed by atoms with Crippen LogP contribution in [0.3, 0.4) is 0 Å². The summed E-state index contributed by atoms with van der Waals surface area (Å²) in [6, 6.07) is 11.0. The molecule has 0 radical (unpaired) electrons. The fourth-order valence-corrected chi connectivity index (χ4v) is 2.21. The molecular formula is C15H13BrO3. The molecule has 0 unspecified atom stereocenters. The summed E-state index contributed by atoms with van der Waals surface area (Å²) >= 11 is 3.07. The van der Waals surface area contributed by atoms with Gasteiger partial charge in [-0.2, -0.15) is 0 Å². The van der Waals surface area contributed by atoms with E-state index >= 15 is 0 Å². The Morgan fingerprint density at radius 2 is 1.79 bits per heavy atom. The van der Waals surface area contributed by atoms with Gasteiger partial charge in [0.15, 0.2) is 11.6 Å². The van der Waals surface area contributed by atoms with Crippen LogP contribution in [0.5, 0.6) is 5.75 Å². The third kappa shape index (κ3) is 2.84. The van der Waals surface area contributed by atoms with E-state index < -0.39 is 0 Å². The minimum absolute atomic E-state index is 0.0818. The van der Waals surface area contributed by atoms with E-state index in [0.717, 1.165) is 16.5 Å². The third-order valence-electron chi connectivity index (χ3n) is 2.91. The molecule has 2 aromatic carbocycles. The van der Waals surface area contributed by atoms with Crippen LogP contribution in [0.4, 0.5) is 0 Å². The molecular weight excluding hydrogens is 308 g/mol. The summed E-state index contributed by atoms with van der Waals surface area (Å²) in [6.07, 6.45) is -0.0818. The number of ether oxygens (including phenoxy) is 1. The first-order valence-corrected chi connectivity index (χ1v) is 6.96. The smallest absolute Gasteiger partial charge is 0.170 e. The van der Waals surface area contributed by atoms with Crippen LogP contribution in [0.2, 0.25) is 0 Å². The summed E-state index contributed by atoms with van der Waals surface area (Å²) in [6.45, 7) is 0. The van der Waals surface area contributed by atoms with Crippen molar-refractivity contribution in [3.63, 3.8) is 0 Å². The van der Waals surface area contributed by atoms with Gasteiger partial charge in [-0.25, -0.2) is 0 Å². The highest BCUT2D eigenvalue weighted by Gasteiger charge is 2.15. The predicted molar refractivity (Wildman–Crippen MR) is 78.2 cm³/mol. The first-order chi connectivity index (χ1) is 9.17. The number of benzene rings is 2. The van der Waals surface area contributed by atoms with Gasteiger partial charge in [-0.3, -0.25) is 9.59 Å². The summed E-state index contributed by atoms with van der Waals surface area (Å²) < 4.78 is 5.28. The van der Waals surface area contributed by atoms with Gasteiger partial charge in [0.2, 0.25) is 0 Å². The Morgan fingerprint density at radius 1 is 1.11 bits per heavy atom. The lowest BCUT2D eigenvalue weighted by atomic mass is 9.98. The Hall–Kier alpha value is -1.68. The van der Waals surface area contributed by atoms with Crippen LogP contribution < -0.4 is 4.74 Å². The van der Waals surface area contributed by atoms with Gasteiger partial charge >= 0.3 is 0 Å². The molecule has 19 heavy (non-hydrogen) atoms. The summed E-state index contributed by atoms with van der Waals surface area (Å²) in [4.78, 5) is 23.5. The molecule has 0 bridgehead atoms. The summed E-state index contributed by atoms with van der Waals surface area (Å²) in [7, 11) is 1.59. The minimum atomic E-state index is -0.164. The molecule has 0 spiro atoms. The number of Topliss-reactive ketones (excluding diaryl/α,β-unsaturated/α-hetero) is 2. The van der Waals surface area contributed by atoms with Gasteiger partial charge < -0.3 is 4.74 Å². The van der Waals surface area contributed by atoms with Gasteiger partial charge in [-0.1, -0.05) is 40.2 Å². The SMILES string of the molecule is COc1ccc(C(=O)CC(=O)CBr)c2ccccc12. The van der Waals surface area contributed by atoms with Gasteiger partial charge in [-0.05, 0) is 17.5 Å². The molecule has 0 saturated heterocycles. The van der Waals surface area contributed by atoms with Crippen molar-refractivity contribution in [1.29, 1.82) is 0 Å². The molecule has 0 aliphatic carbocycles. The van der Waals surface area contributed by atoms with Crippen molar-refractivity contribution < 1.29 is 14.3 Å². The van der Waals surface area contributed by atoms with Crippen molar-refractivity contribution >= 4 is 38.3 Å². The first-order valence-electron chi connectivity index (χ1n) is 5.84. The number of hydrogen-bond acceptors (Lipinski definition) is 3. The second kappa shape index (κ2) is 5.97.